The van der Waals surface area contributed by atoms with Crippen molar-refractivity contribution in [1.82, 2.24) is 0 Å². The highest BCUT2D eigenvalue weighted by Crippen LogP contribution is 2.38. The molecular weight excluding hydrogens is 256 g/mol. The second-order valence-electron chi connectivity index (χ2n) is 4.32. The van der Waals surface area contributed by atoms with Gasteiger partial charge < -0.3 is 14.6 Å². The van der Waals surface area contributed by atoms with Crippen LogP contribution in [0.25, 0.3) is 0 Å². The van der Waals surface area contributed by atoms with Crippen LogP contribution in [0.1, 0.15) is 36.0 Å². The molecule has 0 saturated heterocycles. The van der Waals surface area contributed by atoms with E-state index in [2.05, 4.69) is 0 Å². The first kappa shape index (κ1) is 13.0. The topological polar surface area (TPSA) is 55.8 Å². The summed E-state index contributed by atoms with van der Waals surface area (Å²) in [6.07, 6.45) is 4.45. The second-order valence-corrected chi connectivity index (χ2v) is 4.73. The lowest BCUT2D eigenvalue weighted by Crippen LogP contribution is -2.12. The zero-order valence-electron chi connectivity index (χ0n) is 10.1. The maximum atomic E-state index is 10.9. The van der Waals surface area contributed by atoms with Crippen molar-refractivity contribution >= 4 is 17.6 Å². The summed E-state index contributed by atoms with van der Waals surface area (Å²) >= 11 is 6.07. The molecular formula is C13H15ClO4. The Kier molecular flexibility index (Phi) is 3.97. The van der Waals surface area contributed by atoms with E-state index in [0.717, 1.165) is 25.7 Å². The van der Waals surface area contributed by atoms with Crippen LogP contribution in [0.3, 0.4) is 0 Å². The van der Waals surface area contributed by atoms with E-state index in [-0.39, 0.29) is 16.7 Å². The van der Waals surface area contributed by atoms with Crippen molar-refractivity contribution in [2.45, 2.75) is 31.8 Å². The van der Waals surface area contributed by atoms with E-state index in [1.807, 2.05) is 0 Å². The van der Waals surface area contributed by atoms with Gasteiger partial charge in [0.05, 0.1) is 23.8 Å². The van der Waals surface area contributed by atoms with Gasteiger partial charge in [0.1, 0.15) is 0 Å². The second kappa shape index (κ2) is 5.48. The lowest BCUT2D eigenvalue weighted by molar-refractivity contribution is 0.0696. The van der Waals surface area contributed by atoms with Crippen LogP contribution >= 0.6 is 11.6 Å². The standard InChI is InChI=1S/C13H15ClO4/c1-17-11-7-8(13(15)16)6-10(14)12(11)18-9-4-2-3-5-9/h6-7,9H,2-5H2,1H3,(H,15,16). The van der Waals surface area contributed by atoms with Crippen molar-refractivity contribution in [2.24, 2.45) is 0 Å². The SMILES string of the molecule is COc1cc(C(=O)O)cc(Cl)c1OC1CCCC1. The number of ether oxygens (including phenoxy) is 2. The van der Waals surface area contributed by atoms with E-state index in [1.54, 1.807) is 0 Å². The monoisotopic (exact) mass is 270 g/mol. The van der Waals surface area contributed by atoms with Gasteiger partial charge in [0.25, 0.3) is 0 Å². The third-order valence-electron chi connectivity index (χ3n) is 3.06. The minimum Gasteiger partial charge on any atom is -0.493 e. The van der Waals surface area contributed by atoms with E-state index in [1.165, 1.54) is 19.2 Å². The number of carbonyl (C=O) groups is 1. The summed E-state index contributed by atoms with van der Waals surface area (Å²) in [5.41, 5.74) is 0.0932. The smallest absolute Gasteiger partial charge is 0.335 e. The summed E-state index contributed by atoms with van der Waals surface area (Å²) < 4.78 is 11.0. The van der Waals surface area contributed by atoms with Crippen LogP contribution in [-0.2, 0) is 0 Å². The number of rotatable bonds is 4. The molecule has 0 aromatic heterocycles. The predicted octanol–water partition coefficient (Wildman–Crippen LogP) is 3.37. The number of hydrogen-bond donors (Lipinski definition) is 1. The van der Waals surface area contributed by atoms with Gasteiger partial charge in [-0.3, -0.25) is 0 Å². The predicted molar refractivity (Wildman–Crippen MR) is 67.8 cm³/mol. The number of methoxy groups -OCH3 is 1. The lowest BCUT2D eigenvalue weighted by atomic mass is 10.2. The summed E-state index contributed by atoms with van der Waals surface area (Å²) in [7, 11) is 1.47. The Morgan fingerprint density at radius 1 is 1.39 bits per heavy atom. The molecule has 1 fully saturated rings. The molecule has 1 aromatic rings. The number of halogens is 1. The lowest BCUT2D eigenvalue weighted by Gasteiger charge is -2.17. The average molecular weight is 271 g/mol. The van der Waals surface area contributed by atoms with Crippen molar-refractivity contribution in [2.75, 3.05) is 7.11 Å². The van der Waals surface area contributed by atoms with Crippen LogP contribution in [0.15, 0.2) is 12.1 Å². The normalized spacial score (nSPS) is 15.7. The Bertz CT molecular complexity index is 453. The largest absolute Gasteiger partial charge is 0.493 e. The van der Waals surface area contributed by atoms with Crippen LogP contribution < -0.4 is 9.47 Å². The van der Waals surface area contributed by atoms with Gasteiger partial charge in [-0.2, -0.15) is 0 Å². The van der Waals surface area contributed by atoms with Crippen LogP contribution in [0.2, 0.25) is 5.02 Å². The fourth-order valence-electron chi connectivity index (χ4n) is 2.13. The van der Waals surface area contributed by atoms with Gasteiger partial charge in [0, 0.05) is 0 Å². The van der Waals surface area contributed by atoms with Crippen molar-refractivity contribution in [3.63, 3.8) is 0 Å². The molecule has 0 aliphatic heterocycles. The maximum absolute atomic E-state index is 10.9. The third-order valence-corrected chi connectivity index (χ3v) is 3.34. The first-order valence-electron chi connectivity index (χ1n) is 5.89. The molecule has 98 valence electrons. The molecule has 2 rings (SSSR count). The molecule has 1 aromatic carbocycles. The summed E-state index contributed by atoms with van der Waals surface area (Å²) in [4.78, 5) is 10.9. The first-order valence-corrected chi connectivity index (χ1v) is 6.27. The molecule has 18 heavy (non-hydrogen) atoms. The molecule has 0 unspecified atom stereocenters. The van der Waals surface area contributed by atoms with Crippen LogP contribution in [0.5, 0.6) is 11.5 Å². The number of aromatic carboxylic acids is 1. The summed E-state index contributed by atoms with van der Waals surface area (Å²) in [5, 5.41) is 9.23. The van der Waals surface area contributed by atoms with Crippen LogP contribution in [-0.4, -0.2) is 24.3 Å². The molecule has 0 bridgehead atoms. The van der Waals surface area contributed by atoms with E-state index >= 15 is 0 Å². The van der Waals surface area contributed by atoms with Gasteiger partial charge >= 0.3 is 5.97 Å². The van der Waals surface area contributed by atoms with Gasteiger partial charge in [0.15, 0.2) is 11.5 Å². The fourth-order valence-corrected chi connectivity index (χ4v) is 2.39. The molecule has 0 heterocycles. The van der Waals surface area contributed by atoms with Crippen LogP contribution in [0, 0.1) is 0 Å². The molecule has 0 spiro atoms. The molecule has 1 aliphatic carbocycles. The minimum atomic E-state index is -1.04. The Morgan fingerprint density at radius 2 is 2.06 bits per heavy atom. The van der Waals surface area contributed by atoms with Crippen LogP contribution in [0.4, 0.5) is 0 Å². The Balaban J connectivity index is 2.30. The van der Waals surface area contributed by atoms with Gasteiger partial charge in [-0.25, -0.2) is 4.79 Å². The summed E-state index contributed by atoms with van der Waals surface area (Å²) in [5.74, 6) is -0.231. The molecule has 0 amide bonds. The van der Waals surface area contributed by atoms with E-state index in [4.69, 9.17) is 26.2 Å². The highest BCUT2D eigenvalue weighted by atomic mass is 35.5. The van der Waals surface area contributed by atoms with E-state index in [0.29, 0.717) is 11.5 Å². The third kappa shape index (κ3) is 2.70. The highest BCUT2D eigenvalue weighted by molar-refractivity contribution is 6.32. The zero-order chi connectivity index (χ0) is 13.1. The van der Waals surface area contributed by atoms with Gasteiger partial charge in [-0.15, -0.1) is 0 Å². The number of carboxylic acids is 1. The molecule has 0 radical (unpaired) electrons. The van der Waals surface area contributed by atoms with E-state index in [9.17, 15) is 4.79 Å². The Labute approximate surface area is 110 Å². The molecule has 1 N–H and O–H groups in total. The number of hydrogen-bond acceptors (Lipinski definition) is 3. The molecule has 1 aliphatic rings. The number of benzene rings is 1. The van der Waals surface area contributed by atoms with Gasteiger partial charge in [0.2, 0.25) is 0 Å². The minimum absolute atomic E-state index is 0.0932. The Morgan fingerprint density at radius 3 is 2.61 bits per heavy atom. The van der Waals surface area contributed by atoms with Gasteiger partial charge in [-0.05, 0) is 37.8 Å². The molecule has 1 saturated carbocycles. The molecule has 5 heteroatoms. The van der Waals surface area contributed by atoms with Crippen molar-refractivity contribution in [3.8, 4) is 11.5 Å². The van der Waals surface area contributed by atoms with Crippen molar-refractivity contribution < 1.29 is 19.4 Å². The highest BCUT2D eigenvalue weighted by Gasteiger charge is 2.21. The average Bonchev–Trinajstić information content (AvgIpc) is 2.84. The summed E-state index contributed by atoms with van der Waals surface area (Å²) in [6.45, 7) is 0. The maximum Gasteiger partial charge on any atom is 0.335 e. The van der Waals surface area contributed by atoms with Crippen molar-refractivity contribution in [1.29, 1.82) is 0 Å². The fraction of sp³-hybridized carbons (Fsp3) is 0.462. The summed E-state index contributed by atoms with van der Waals surface area (Å²) in [6, 6.07) is 2.81. The van der Waals surface area contributed by atoms with Crippen molar-refractivity contribution in [3.05, 3.63) is 22.7 Å². The first-order chi connectivity index (χ1) is 8.61. The Hall–Kier alpha value is -1.42. The molecule has 4 nitrogen and oxygen atoms in total. The zero-order valence-corrected chi connectivity index (χ0v) is 10.9. The van der Waals surface area contributed by atoms with Gasteiger partial charge in [-0.1, -0.05) is 11.6 Å². The van der Waals surface area contributed by atoms with E-state index < -0.39 is 5.97 Å². The quantitative estimate of drug-likeness (QED) is 0.911. The molecule has 0 atom stereocenters. The number of carboxylic acid groups (broad SMARTS) is 1.